The zero-order valence-corrected chi connectivity index (χ0v) is 16.9. The fourth-order valence-corrected chi connectivity index (χ4v) is 2.08. The normalized spacial score (nSPS) is 14.1. The van der Waals surface area contributed by atoms with Crippen LogP contribution in [0.4, 0.5) is 0 Å². The molecule has 1 aromatic rings. The molecule has 0 radical (unpaired) electrons. The first kappa shape index (κ1) is 21.1. The minimum Gasteiger partial charge on any atom is -0.230 e. The molecule has 0 aromatic heterocycles. The predicted molar refractivity (Wildman–Crippen MR) is 96.3 cm³/mol. The van der Waals surface area contributed by atoms with Gasteiger partial charge in [0.2, 0.25) is 0 Å². The van der Waals surface area contributed by atoms with E-state index in [0.717, 1.165) is 11.1 Å². The number of hydrogen-bond donors (Lipinski definition) is 0. The molecule has 4 nitrogen and oxygen atoms in total. The molecule has 0 fully saturated rings. The Labute approximate surface area is 147 Å². The predicted octanol–water partition coefficient (Wildman–Crippen LogP) is 5.65. The first-order chi connectivity index (χ1) is 10.6. The van der Waals surface area contributed by atoms with Crippen molar-refractivity contribution in [1.29, 1.82) is 0 Å². The van der Waals surface area contributed by atoms with Crippen molar-refractivity contribution < 1.29 is 19.6 Å². The van der Waals surface area contributed by atoms with Gasteiger partial charge in [-0.05, 0) is 80.4 Å². The highest BCUT2D eigenvalue weighted by Crippen LogP contribution is 2.37. The summed E-state index contributed by atoms with van der Waals surface area (Å²) in [6.07, 6.45) is 0. The molecule has 0 aliphatic carbocycles. The second kappa shape index (κ2) is 7.12. The maximum absolute atomic E-state index is 5.76. The van der Waals surface area contributed by atoms with Gasteiger partial charge >= 0.3 is 0 Å². The summed E-state index contributed by atoms with van der Waals surface area (Å²) in [6, 6.07) is 8.04. The lowest BCUT2D eigenvalue weighted by Gasteiger charge is -2.35. The van der Waals surface area contributed by atoms with Crippen LogP contribution in [0, 0.1) is 0 Å². The molecule has 0 aliphatic rings. The molecule has 1 rings (SSSR count). The molecule has 138 valence electrons. The van der Waals surface area contributed by atoms with Crippen LogP contribution < -0.4 is 0 Å². The van der Waals surface area contributed by atoms with Crippen LogP contribution in [-0.4, -0.2) is 11.2 Å². The SMILES string of the molecule is CC(C)(C)OOC(C)(C)c1ccccc1C(C)(C)OOC(C)(C)C. The largest absolute Gasteiger partial charge is 0.230 e. The highest BCUT2D eigenvalue weighted by atomic mass is 17.2. The van der Waals surface area contributed by atoms with Crippen molar-refractivity contribution in [2.45, 2.75) is 91.6 Å². The highest BCUT2D eigenvalue weighted by molar-refractivity contribution is 5.35. The summed E-state index contributed by atoms with van der Waals surface area (Å²) >= 11 is 0. The van der Waals surface area contributed by atoms with Crippen LogP contribution in [-0.2, 0) is 30.8 Å². The van der Waals surface area contributed by atoms with E-state index in [4.69, 9.17) is 19.6 Å². The van der Waals surface area contributed by atoms with Gasteiger partial charge in [0.15, 0.2) is 0 Å². The van der Waals surface area contributed by atoms with Crippen molar-refractivity contribution in [2.24, 2.45) is 0 Å². The van der Waals surface area contributed by atoms with E-state index in [2.05, 4.69) is 0 Å². The Hall–Kier alpha value is -0.940. The summed E-state index contributed by atoms with van der Waals surface area (Å²) in [7, 11) is 0. The Morgan fingerprint density at radius 1 is 0.500 bits per heavy atom. The van der Waals surface area contributed by atoms with Crippen LogP contribution >= 0.6 is 0 Å². The smallest absolute Gasteiger partial charge is 0.123 e. The molecule has 4 heteroatoms. The molecule has 0 saturated heterocycles. The minimum atomic E-state index is -0.633. The van der Waals surface area contributed by atoms with Gasteiger partial charge in [-0.3, -0.25) is 0 Å². The summed E-state index contributed by atoms with van der Waals surface area (Å²) in [5.41, 5.74) is -0.0341. The highest BCUT2D eigenvalue weighted by Gasteiger charge is 2.35. The number of hydrogen-bond acceptors (Lipinski definition) is 4. The van der Waals surface area contributed by atoms with Crippen molar-refractivity contribution >= 4 is 0 Å². The van der Waals surface area contributed by atoms with E-state index in [-0.39, 0.29) is 11.2 Å². The summed E-state index contributed by atoms with van der Waals surface area (Å²) in [6.45, 7) is 19.7. The summed E-state index contributed by atoms with van der Waals surface area (Å²) in [4.78, 5) is 22.6. The van der Waals surface area contributed by atoms with E-state index < -0.39 is 11.2 Å². The van der Waals surface area contributed by atoms with Gasteiger partial charge in [-0.25, -0.2) is 19.6 Å². The zero-order chi connectivity index (χ0) is 18.8. The molecule has 0 atom stereocenters. The zero-order valence-electron chi connectivity index (χ0n) is 16.9. The maximum atomic E-state index is 5.76. The Bertz CT molecular complexity index is 484. The molecular formula is C20H34O4. The van der Waals surface area contributed by atoms with Gasteiger partial charge in [0.05, 0.1) is 11.2 Å². The first-order valence-corrected chi connectivity index (χ1v) is 8.48. The molecule has 0 spiro atoms. The van der Waals surface area contributed by atoms with Crippen LogP contribution in [0.3, 0.4) is 0 Å². The van der Waals surface area contributed by atoms with Crippen LogP contribution in [0.15, 0.2) is 24.3 Å². The molecule has 0 bridgehead atoms. The summed E-state index contributed by atoms with van der Waals surface area (Å²) < 4.78 is 0. The number of rotatable bonds is 6. The third kappa shape index (κ3) is 6.52. The Morgan fingerprint density at radius 3 is 1.04 bits per heavy atom. The lowest BCUT2D eigenvalue weighted by Crippen LogP contribution is -2.34. The van der Waals surface area contributed by atoms with Crippen molar-refractivity contribution in [3.05, 3.63) is 35.4 Å². The monoisotopic (exact) mass is 338 g/mol. The van der Waals surface area contributed by atoms with Gasteiger partial charge < -0.3 is 0 Å². The van der Waals surface area contributed by atoms with Gasteiger partial charge in [-0.1, -0.05) is 24.3 Å². The minimum absolute atomic E-state index is 0.381. The van der Waals surface area contributed by atoms with E-state index in [1.165, 1.54) is 0 Å². The fraction of sp³-hybridized carbons (Fsp3) is 0.700. The van der Waals surface area contributed by atoms with Gasteiger partial charge in [0.1, 0.15) is 11.2 Å². The summed E-state index contributed by atoms with van der Waals surface area (Å²) in [5.74, 6) is 0. The lowest BCUT2D eigenvalue weighted by atomic mass is 9.85. The molecule has 0 aliphatic heterocycles. The molecular weight excluding hydrogens is 304 g/mol. The van der Waals surface area contributed by atoms with Gasteiger partial charge in [0.25, 0.3) is 0 Å². The van der Waals surface area contributed by atoms with Crippen molar-refractivity contribution in [2.75, 3.05) is 0 Å². The molecule has 0 heterocycles. The van der Waals surface area contributed by atoms with Crippen molar-refractivity contribution in [3.8, 4) is 0 Å². The van der Waals surface area contributed by atoms with Crippen LogP contribution in [0.25, 0.3) is 0 Å². The molecule has 24 heavy (non-hydrogen) atoms. The van der Waals surface area contributed by atoms with Crippen molar-refractivity contribution in [1.82, 2.24) is 0 Å². The van der Waals surface area contributed by atoms with Gasteiger partial charge in [-0.2, -0.15) is 0 Å². The van der Waals surface area contributed by atoms with E-state index in [9.17, 15) is 0 Å². The first-order valence-electron chi connectivity index (χ1n) is 8.48. The summed E-state index contributed by atoms with van der Waals surface area (Å²) in [5, 5.41) is 0. The Morgan fingerprint density at radius 2 is 0.792 bits per heavy atom. The van der Waals surface area contributed by atoms with Gasteiger partial charge in [-0.15, -0.1) is 0 Å². The topological polar surface area (TPSA) is 36.9 Å². The molecule has 0 N–H and O–H groups in total. The van der Waals surface area contributed by atoms with Crippen molar-refractivity contribution in [3.63, 3.8) is 0 Å². The molecule has 0 saturated carbocycles. The standard InChI is InChI=1S/C20H34O4/c1-17(2,3)21-23-19(7,8)15-13-11-12-14-16(15)20(9,10)24-22-18(4,5)6/h11-14H,1-10H3. The molecule has 0 unspecified atom stereocenters. The van der Waals surface area contributed by atoms with E-state index in [1.54, 1.807) is 0 Å². The molecule has 0 amide bonds. The van der Waals surface area contributed by atoms with Crippen LogP contribution in [0.1, 0.15) is 80.4 Å². The Kier molecular flexibility index (Phi) is 6.26. The average molecular weight is 338 g/mol. The molecule has 1 aromatic carbocycles. The van der Waals surface area contributed by atoms with Gasteiger partial charge in [0, 0.05) is 0 Å². The average Bonchev–Trinajstić information content (AvgIpc) is 2.42. The Balaban J connectivity index is 3.10. The third-order valence-electron chi connectivity index (χ3n) is 3.22. The quantitative estimate of drug-likeness (QED) is 0.496. The van der Waals surface area contributed by atoms with E-state index >= 15 is 0 Å². The van der Waals surface area contributed by atoms with Crippen LogP contribution in [0.5, 0.6) is 0 Å². The number of benzene rings is 1. The second-order valence-corrected chi connectivity index (χ2v) is 9.12. The van der Waals surface area contributed by atoms with Crippen LogP contribution in [0.2, 0.25) is 0 Å². The third-order valence-corrected chi connectivity index (χ3v) is 3.22. The van der Waals surface area contributed by atoms with E-state index in [0.29, 0.717) is 0 Å². The maximum Gasteiger partial charge on any atom is 0.123 e. The fourth-order valence-electron chi connectivity index (χ4n) is 2.08. The van der Waals surface area contributed by atoms with E-state index in [1.807, 2.05) is 93.5 Å². The lowest BCUT2D eigenvalue weighted by molar-refractivity contribution is -0.407. The second-order valence-electron chi connectivity index (χ2n) is 9.12.